The zero-order valence-corrected chi connectivity index (χ0v) is 73.4. The monoisotopic (exact) mass is 1710 g/mol. The summed E-state index contributed by atoms with van der Waals surface area (Å²) in [7, 11) is 0. The van der Waals surface area contributed by atoms with Crippen LogP contribution < -0.4 is 10.9 Å². The van der Waals surface area contributed by atoms with Crippen molar-refractivity contribution >= 4 is 165 Å². The molecule has 0 aliphatic heterocycles. The van der Waals surface area contributed by atoms with Gasteiger partial charge in [-0.05, 0) is 225 Å². The molecule has 0 radical (unpaired) electrons. The maximum Gasteiger partial charge on any atom is 0.197 e. The Morgan fingerprint density at radius 2 is 0.396 bits per heavy atom. The Hall–Kier alpha value is -17.7. The molecule has 0 N–H and O–H groups in total. The standard InChI is InChI=1S/C48H34.C42H28.C40H24N2O2/c1-5-17-35(18-6-1)47(36-19-7-2-8-20-36)33-39-29-31-45(43-27-15-13-25-41(39)43)46-32-30-40(42-26-14-16-28-44(42)46)34-48(37-21-9-3-10-22-37)38-23-11-4-12-24-38;1-3-15-33-29(11-1)13-9-21-39(33)41-27-25-31(35-17-5-7-19-37(35)41)23-24-32-26-28-42(38-20-8-6-18-36(32)38)40-22-10-14-30-12-2-4-16-34(30)40;43-39-29-17-5-7-19-35(29)41(33-21-9-13-25-11-1-3-15-27(25)33)37-23-32-38(24-31(37)39)42(36-20-8-6-18-30(36)40(32)44)34-22-10-14-26-12-2-4-16-28(26)34/h1-34H;1-28H;1-24H. The molecule has 0 unspecified atom stereocenters. The van der Waals surface area contributed by atoms with Crippen LogP contribution in [0.5, 0.6) is 0 Å². The highest BCUT2D eigenvalue weighted by atomic mass is 16.1. The van der Waals surface area contributed by atoms with E-state index in [1.807, 2.05) is 97.1 Å². The molecule has 2 heterocycles. The fraction of sp³-hybridized carbons (Fsp3) is 0. The molecule has 25 aromatic rings. The molecule has 4 heteroatoms. The number of aromatic nitrogens is 2. The SMILES string of the molecule is C(=C(c1ccccc1)c1ccccc1)c1ccc(-c2ccc(C=C(c3ccccc3)c3ccccc3)c3ccccc23)c2ccccc12.C(=Cc1ccc(-c2cccc3ccccc23)c2ccccc12)c1ccc(-c2cccc3ccccc23)c2ccccc12.O=c1c2ccccc2n(-c2cccc3ccccc23)c2cc3c(=O)c4ccccc4n(-c4cccc5ccccc45)c3cc12. The lowest BCUT2D eigenvalue weighted by molar-refractivity contribution is 1.16. The van der Waals surface area contributed by atoms with Crippen LogP contribution in [-0.4, -0.2) is 9.13 Å². The molecule has 0 spiro atoms. The zero-order chi connectivity index (χ0) is 89.4. The van der Waals surface area contributed by atoms with Crippen LogP contribution >= 0.6 is 0 Å². The second-order valence-corrected chi connectivity index (χ2v) is 34.2. The summed E-state index contributed by atoms with van der Waals surface area (Å²) < 4.78 is 4.29. The number of pyridine rings is 2. The molecule has 0 aliphatic carbocycles. The average molecular weight is 1710 g/mol. The van der Waals surface area contributed by atoms with Crippen LogP contribution in [-0.2, 0) is 0 Å². The highest BCUT2D eigenvalue weighted by molar-refractivity contribution is 6.15. The van der Waals surface area contributed by atoms with E-state index in [1.165, 1.54) is 154 Å². The van der Waals surface area contributed by atoms with E-state index < -0.39 is 0 Å². The number of para-hydroxylation sites is 2. The molecular formula is C130H86N2O2. The Morgan fingerprint density at radius 1 is 0.164 bits per heavy atom. The molecule has 628 valence electrons. The lowest BCUT2D eigenvalue weighted by Gasteiger charge is -2.20. The average Bonchev–Trinajstić information content (AvgIpc) is 0.709. The summed E-state index contributed by atoms with van der Waals surface area (Å²) in [5.41, 5.74) is 24.5. The maximum absolute atomic E-state index is 14.3. The van der Waals surface area contributed by atoms with Crippen LogP contribution in [0.1, 0.15) is 44.5 Å². The first-order chi connectivity index (χ1) is 66.4. The van der Waals surface area contributed by atoms with Crippen molar-refractivity contribution in [3.8, 4) is 44.8 Å². The minimum atomic E-state index is -0.0564. The van der Waals surface area contributed by atoms with Crippen molar-refractivity contribution < 1.29 is 0 Å². The quantitative estimate of drug-likeness (QED) is 0.0853. The third kappa shape index (κ3) is 14.9. The molecular weight excluding hydrogens is 1620 g/mol. The van der Waals surface area contributed by atoms with Crippen molar-refractivity contribution in [1.82, 2.24) is 9.13 Å². The summed E-state index contributed by atoms with van der Waals surface area (Å²) in [5.74, 6) is 0. The van der Waals surface area contributed by atoms with E-state index in [0.29, 0.717) is 32.6 Å². The molecule has 0 aliphatic rings. The van der Waals surface area contributed by atoms with E-state index in [9.17, 15) is 9.59 Å². The molecule has 0 saturated heterocycles. The second-order valence-electron chi connectivity index (χ2n) is 34.2. The van der Waals surface area contributed by atoms with Gasteiger partial charge < -0.3 is 9.13 Å². The second kappa shape index (κ2) is 35.4. The van der Waals surface area contributed by atoms with Crippen LogP contribution in [0.4, 0.5) is 0 Å². The fourth-order valence-electron chi connectivity index (χ4n) is 20.2. The van der Waals surface area contributed by atoms with Gasteiger partial charge in [-0.1, -0.05) is 461 Å². The predicted molar refractivity (Wildman–Crippen MR) is 572 cm³/mol. The van der Waals surface area contributed by atoms with E-state index in [0.717, 1.165) is 44.0 Å². The van der Waals surface area contributed by atoms with Crippen molar-refractivity contribution in [1.29, 1.82) is 0 Å². The number of hydrogen-bond acceptors (Lipinski definition) is 2. The number of rotatable bonds is 13. The van der Waals surface area contributed by atoms with Gasteiger partial charge in [-0.2, -0.15) is 0 Å². The Bertz CT molecular complexity index is 8530. The predicted octanol–water partition coefficient (Wildman–Crippen LogP) is 33.5. The molecule has 25 rings (SSSR count). The highest BCUT2D eigenvalue weighted by Gasteiger charge is 2.23. The lowest BCUT2D eigenvalue weighted by Crippen LogP contribution is -2.14. The summed E-state index contributed by atoms with van der Waals surface area (Å²) in [4.78, 5) is 28.6. The van der Waals surface area contributed by atoms with Crippen molar-refractivity contribution in [3.05, 3.63) is 562 Å². The third-order valence-electron chi connectivity index (χ3n) is 26.5. The van der Waals surface area contributed by atoms with Gasteiger partial charge in [-0.25, -0.2) is 0 Å². The summed E-state index contributed by atoms with van der Waals surface area (Å²) in [6.45, 7) is 0. The molecule has 0 fully saturated rings. The maximum atomic E-state index is 14.3. The number of nitrogens with zero attached hydrogens (tertiary/aromatic N) is 2. The van der Waals surface area contributed by atoms with E-state index in [4.69, 9.17) is 0 Å². The molecule has 0 amide bonds. The van der Waals surface area contributed by atoms with Crippen LogP contribution in [0.25, 0.3) is 210 Å². The molecule has 23 aromatic carbocycles. The largest absolute Gasteiger partial charge is 0.308 e. The van der Waals surface area contributed by atoms with Gasteiger partial charge in [0.05, 0.1) is 33.4 Å². The molecule has 4 nitrogen and oxygen atoms in total. The highest BCUT2D eigenvalue weighted by Crippen LogP contribution is 2.44. The Balaban J connectivity index is 0.000000114. The van der Waals surface area contributed by atoms with Gasteiger partial charge in [-0.3, -0.25) is 9.59 Å². The van der Waals surface area contributed by atoms with Crippen LogP contribution in [0.3, 0.4) is 0 Å². The summed E-state index contributed by atoms with van der Waals surface area (Å²) in [6.07, 6.45) is 9.23. The smallest absolute Gasteiger partial charge is 0.197 e. The van der Waals surface area contributed by atoms with Crippen molar-refractivity contribution in [2.45, 2.75) is 0 Å². The Labute approximate surface area is 776 Å². The van der Waals surface area contributed by atoms with Gasteiger partial charge in [0.2, 0.25) is 0 Å². The van der Waals surface area contributed by atoms with Gasteiger partial charge in [0, 0.05) is 32.3 Å². The molecule has 0 bridgehead atoms. The number of hydrogen-bond donors (Lipinski definition) is 0. The molecule has 0 saturated carbocycles. The molecule has 2 aromatic heterocycles. The lowest BCUT2D eigenvalue weighted by atomic mass is 9.88. The summed E-state index contributed by atoms with van der Waals surface area (Å²) in [6, 6.07) is 175. The third-order valence-corrected chi connectivity index (χ3v) is 26.5. The van der Waals surface area contributed by atoms with Crippen molar-refractivity contribution in [2.24, 2.45) is 0 Å². The van der Waals surface area contributed by atoms with Gasteiger partial charge >= 0.3 is 0 Å². The first-order valence-electron chi connectivity index (χ1n) is 45.8. The van der Waals surface area contributed by atoms with E-state index in [1.54, 1.807) is 0 Å². The molecule has 134 heavy (non-hydrogen) atoms. The van der Waals surface area contributed by atoms with E-state index in [-0.39, 0.29) is 10.9 Å². The normalized spacial score (nSPS) is 11.5. The topological polar surface area (TPSA) is 44.0 Å². The van der Waals surface area contributed by atoms with Crippen LogP contribution in [0, 0.1) is 0 Å². The van der Waals surface area contributed by atoms with Gasteiger partial charge in [0.1, 0.15) is 0 Å². The zero-order valence-electron chi connectivity index (χ0n) is 73.4. The minimum absolute atomic E-state index is 0.0564. The van der Waals surface area contributed by atoms with Gasteiger partial charge in [-0.15, -0.1) is 0 Å². The number of benzene rings is 23. The van der Waals surface area contributed by atoms with Crippen LogP contribution in [0.2, 0.25) is 0 Å². The van der Waals surface area contributed by atoms with E-state index >= 15 is 0 Å². The first-order valence-corrected chi connectivity index (χ1v) is 45.8. The summed E-state index contributed by atoms with van der Waals surface area (Å²) >= 11 is 0. The van der Waals surface area contributed by atoms with Crippen LogP contribution in [0.15, 0.2) is 507 Å². The Morgan fingerprint density at radius 3 is 0.724 bits per heavy atom. The first kappa shape index (κ1) is 80.8. The molecule has 0 atom stereocenters. The summed E-state index contributed by atoms with van der Waals surface area (Å²) in [5, 5.41) is 21.9. The number of fused-ring (bicyclic) bond motifs is 12. The Kier molecular flexibility index (Phi) is 21.4. The van der Waals surface area contributed by atoms with Crippen molar-refractivity contribution in [3.63, 3.8) is 0 Å². The fourth-order valence-corrected chi connectivity index (χ4v) is 20.2. The van der Waals surface area contributed by atoms with Gasteiger partial charge in [0.15, 0.2) is 10.9 Å². The van der Waals surface area contributed by atoms with E-state index in [2.05, 4.69) is 434 Å². The minimum Gasteiger partial charge on any atom is -0.308 e. The van der Waals surface area contributed by atoms with Crippen molar-refractivity contribution in [2.75, 3.05) is 0 Å². The van der Waals surface area contributed by atoms with Gasteiger partial charge in [0.25, 0.3) is 0 Å².